The van der Waals surface area contributed by atoms with E-state index in [1.165, 1.54) is 11.3 Å². The van der Waals surface area contributed by atoms with Crippen LogP contribution in [0.3, 0.4) is 0 Å². The first-order valence-corrected chi connectivity index (χ1v) is 6.00. The molecule has 2 nitrogen and oxygen atoms in total. The van der Waals surface area contributed by atoms with Gasteiger partial charge in [-0.2, -0.15) is 0 Å². The average Bonchev–Trinajstić information content (AvgIpc) is 2.27. The molecule has 0 saturated heterocycles. The summed E-state index contributed by atoms with van der Waals surface area (Å²) in [7, 11) is 2.03. The van der Waals surface area contributed by atoms with Crippen LogP contribution in [0.25, 0.3) is 0 Å². The molecule has 2 unspecified atom stereocenters. The van der Waals surface area contributed by atoms with Gasteiger partial charge in [-0.3, -0.25) is 0 Å². The van der Waals surface area contributed by atoms with Gasteiger partial charge in [-0.1, -0.05) is 32.4 Å². The highest BCUT2D eigenvalue weighted by atomic mass is 16.3. The van der Waals surface area contributed by atoms with Gasteiger partial charge in [-0.05, 0) is 30.5 Å². The van der Waals surface area contributed by atoms with Gasteiger partial charge in [0.25, 0.3) is 0 Å². The molecular weight excluding hydrogens is 198 g/mol. The number of hydrogen-bond donors (Lipinski definition) is 1. The summed E-state index contributed by atoms with van der Waals surface area (Å²) >= 11 is 0. The fourth-order valence-electron chi connectivity index (χ4n) is 1.70. The number of likely N-dealkylation sites (N-methyl/N-ethyl adjacent to an activating group) is 1. The van der Waals surface area contributed by atoms with E-state index in [1.807, 2.05) is 7.05 Å². The lowest BCUT2D eigenvalue weighted by Gasteiger charge is -2.26. The molecule has 2 atom stereocenters. The summed E-state index contributed by atoms with van der Waals surface area (Å²) in [5, 5.41) is 9.98. The van der Waals surface area contributed by atoms with Crippen LogP contribution in [-0.4, -0.2) is 24.8 Å². The topological polar surface area (TPSA) is 23.5 Å². The van der Waals surface area contributed by atoms with Gasteiger partial charge in [-0.25, -0.2) is 0 Å². The SMILES string of the molecule is CCC(C)C(O)CN(C)c1cccc(C)c1. The van der Waals surface area contributed by atoms with Crippen molar-refractivity contribution in [1.82, 2.24) is 0 Å². The first-order chi connectivity index (χ1) is 7.54. The van der Waals surface area contributed by atoms with Crippen LogP contribution in [0.5, 0.6) is 0 Å². The van der Waals surface area contributed by atoms with Crippen LogP contribution in [0.15, 0.2) is 24.3 Å². The second-order valence-corrected chi connectivity index (χ2v) is 4.67. The van der Waals surface area contributed by atoms with E-state index in [2.05, 4.69) is 49.9 Å². The summed E-state index contributed by atoms with van der Waals surface area (Å²) in [6.45, 7) is 6.98. The summed E-state index contributed by atoms with van der Waals surface area (Å²) in [6.07, 6.45) is 0.763. The number of anilines is 1. The molecule has 1 aromatic rings. The Labute approximate surface area is 98.9 Å². The van der Waals surface area contributed by atoms with Crippen LogP contribution in [-0.2, 0) is 0 Å². The molecule has 0 amide bonds. The lowest BCUT2D eigenvalue weighted by atomic mass is 10.0. The Morgan fingerprint density at radius 3 is 2.62 bits per heavy atom. The second kappa shape index (κ2) is 5.90. The predicted molar refractivity (Wildman–Crippen MR) is 69.9 cm³/mol. The van der Waals surface area contributed by atoms with Crippen molar-refractivity contribution in [2.75, 3.05) is 18.5 Å². The minimum absolute atomic E-state index is 0.254. The van der Waals surface area contributed by atoms with Gasteiger partial charge in [0.2, 0.25) is 0 Å². The minimum atomic E-state index is -0.254. The van der Waals surface area contributed by atoms with Crippen LogP contribution >= 0.6 is 0 Å². The van der Waals surface area contributed by atoms with Crippen molar-refractivity contribution in [1.29, 1.82) is 0 Å². The summed E-state index contributed by atoms with van der Waals surface area (Å²) < 4.78 is 0. The molecule has 0 aliphatic carbocycles. The quantitative estimate of drug-likeness (QED) is 0.826. The zero-order valence-corrected chi connectivity index (χ0v) is 10.8. The maximum Gasteiger partial charge on any atom is 0.0740 e. The second-order valence-electron chi connectivity index (χ2n) is 4.67. The molecule has 0 saturated carbocycles. The van der Waals surface area contributed by atoms with Crippen molar-refractivity contribution in [3.63, 3.8) is 0 Å². The van der Waals surface area contributed by atoms with Crippen LogP contribution < -0.4 is 4.90 Å². The third-order valence-corrected chi connectivity index (χ3v) is 3.20. The molecule has 16 heavy (non-hydrogen) atoms. The highest BCUT2D eigenvalue weighted by Gasteiger charge is 2.14. The molecule has 2 heteroatoms. The number of nitrogens with zero attached hydrogens (tertiary/aromatic N) is 1. The zero-order valence-electron chi connectivity index (χ0n) is 10.8. The van der Waals surface area contributed by atoms with Crippen LogP contribution in [0.1, 0.15) is 25.8 Å². The van der Waals surface area contributed by atoms with Crippen LogP contribution in [0.2, 0.25) is 0 Å². The highest BCUT2D eigenvalue weighted by Crippen LogP contribution is 2.16. The lowest BCUT2D eigenvalue weighted by molar-refractivity contribution is 0.121. The van der Waals surface area contributed by atoms with Gasteiger partial charge in [0.1, 0.15) is 0 Å². The van der Waals surface area contributed by atoms with E-state index in [0.717, 1.165) is 6.42 Å². The number of aliphatic hydroxyl groups is 1. The Kier molecular flexibility index (Phi) is 4.81. The molecule has 1 N–H and O–H groups in total. The third-order valence-electron chi connectivity index (χ3n) is 3.20. The van der Waals surface area contributed by atoms with Crippen LogP contribution in [0.4, 0.5) is 5.69 Å². The molecule has 0 aliphatic rings. The minimum Gasteiger partial charge on any atom is -0.391 e. The molecule has 0 fully saturated rings. The van der Waals surface area contributed by atoms with Crippen molar-refractivity contribution in [3.05, 3.63) is 29.8 Å². The van der Waals surface area contributed by atoms with Gasteiger partial charge in [0, 0.05) is 19.3 Å². The molecule has 1 rings (SSSR count). The third kappa shape index (κ3) is 3.53. The summed E-state index contributed by atoms with van der Waals surface area (Å²) in [6, 6.07) is 8.36. The molecule has 0 radical (unpaired) electrons. The zero-order chi connectivity index (χ0) is 12.1. The van der Waals surface area contributed by atoms with Gasteiger partial charge < -0.3 is 10.0 Å². The Hall–Kier alpha value is -1.02. The van der Waals surface area contributed by atoms with Crippen LogP contribution in [0, 0.1) is 12.8 Å². The first kappa shape index (κ1) is 13.0. The number of hydrogen-bond acceptors (Lipinski definition) is 2. The Morgan fingerprint density at radius 1 is 1.38 bits per heavy atom. The highest BCUT2D eigenvalue weighted by molar-refractivity contribution is 5.47. The van der Waals surface area contributed by atoms with E-state index in [0.29, 0.717) is 12.5 Å². The molecule has 0 aromatic heterocycles. The fraction of sp³-hybridized carbons (Fsp3) is 0.571. The molecule has 0 aliphatic heterocycles. The Balaban J connectivity index is 2.61. The van der Waals surface area contributed by atoms with E-state index in [-0.39, 0.29) is 6.10 Å². The molecule has 0 heterocycles. The monoisotopic (exact) mass is 221 g/mol. The van der Waals surface area contributed by atoms with Crippen molar-refractivity contribution in [2.24, 2.45) is 5.92 Å². The smallest absolute Gasteiger partial charge is 0.0740 e. The van der Waals surface area contributed by atoms with Crippen molar-refractivity contribution < 1.29 is 5.11 Å². The van der Waals surface area contributed by atoms with E-state index < -0.39 is 0 Å². The largest absolute Gasteiger partial charge is 0.391 e. The molecule has 0 bridgehead atoms. The normalized spacial score (nSPS) is 14.6. The van der Waals surface area contributed by atoms with Crippen molar-refractivity contribution in [3.8, 4) is 0 Å². The molecule has 1 aromatic carbocycles. The van der Waals surface area contributed by atoms with E-state index in [9.17, 15) is 5.11 Å². The summed E-state index contributed by atoms with van der Waals surface area (Å²) in [5.41, 5.74) is 2.42. The fourth-order valence-corrected chi connectivity index (χ4v) is 1.70. The van der Waals surface area contributed by atoms with Gasteiger partial charge in [-0.15, -0.1) is 0 Å². The Bertz CT molecular complexity index is 324. The molecule has 0 spiro atoms. The van der Waals surface area contributed by atoms with Gasteiger partial charge >= 0.3 is 0 Å². The Morgan fingerprint density at radius 2 is 2.06 bits per heavy atom. The van der Waals surface area contributed by atoms with E-state index >= 15 is 0 Å². The standard InChI is InChI=1S/C14H23NO/c1-5-12(3)14(16)10-15(4)13-8-6-7-11(2)9-13/h6-9,12,14,16H,5,10H2,1-4H3. The summed E-state index contributed by atoms with van der Waals surface area (Å²) in [4.78, 5) is 2.11. The predicted octanol–water partition coefficient (Wildman–Crippen LogP) is 2.84. The maximum absolute atomic E-state index is 9.98. The number of aliphatic hydroxyl groups excluding tert-OH is 1. The molecule has 90 valence electrons. The number of rotatable bonds is 5. The van der Waals surface area contributed by atoms with E-state index in [4.69, 9.17) is 0 Å². The first-order valence-electron chi connectivity index (χ1n) is 6.00. The van der Waals surface area contributed by atoms with E-state index in [1.54, 1.807) is 0 Å². The van der Waals surface area contributed by atoms with Crippen molar-refractivity contribution in [2.45, 2.75) is 33.3 Å². The number of benzene rings is 1. The van der Waals surface area contributed by atoms with Crippen molar-refractivity contribution >= 4 is 5.69 Å². The average molecular weight is 221 g/mol. The maximum atomic E-state index is 9.98. The van der Waals surface area contributed by atoms with Gasteiger partial charge in [0.05, 0.1) is 6.10 Å². The number of aryl methyl sites for hydroxylation is 1. The lowest BCUT2D eigenvalue weighted by Crippen LogP contribution is -2.33. The molecular formula is C14H23NO. The van der Waals surface area contributed by atoms with Gasteiger partial charge in [0.15, 0.2) is 0 Å². The summed E-state index contributed by atoms with van der Waals surface area (Å²) in [5.74, 6) is 0.354.